The van der Waals surface area contributed by atoms with E-state index in [-0.39, 0.29) is 33.0 Å². The topological polar surface area (TPSA) is 374 Å². The number of likely N-dealkylation sites (N-methyl/N-ethyl adjacent to an activating group) is 5. The van der Waals surface area contributed by atoms with E-state index in [2.05, 4.69) is 113 Å². The number of aliphatic hydroxyl groups excluding tert-OH is 5. The minimum Gasteiger partial charge on any atom is -0.491 e. The zero-order valence-electron chi connectivity index (χ0n) is 87.8. The van der Waals surface area contributed by atoms with E-state index in [4.69, 9.17) is 81.1 Å². The lowest BCUT2D eigenvalue weighted by Crippen LogP contribution is -2.37. The van der Waals surface area contributed by atoms with Crippen molar-refractivity contribution in [1.29, 1.82) is 0 Å². The first kappa shape index (κ1) is 112. The van der Waals surface area contributed by atoms with Crippen molar-refractivity contribution < 1.29 is 54.0 Å². The Kier molecular flexibility index (Phi) is 45.8. The van der Waals surface area contributed by atoms with Crippen molar-refractivity contribution in [3.63, 3.8) is 0 Å². The number of hydrogen-bond donors (Lipinski definition) is 11. The molecule has 5 aromatic heterocycles. The average Bonchev–Trinajstić information content (AvgIpc) is 1.72. The molecule has 0 amide bonds. The molecule has 6 aliphatic rings. The van der Waals surface area contributed by atoms with Gasteiger partial charge in [-0.3, -0.25) is 0 Å². The third-order valence-electron chi connectivity index (χ3n) is 26.6. The molecule has 0 radical (unpaired) electrons. The van der Waals surface area contributed by atoms with E-state index >= 15 is 0 Å². The number of anilines is 6. The highest BCUT2D eigenvalue weighted by Crippen LogP contribution is 2.42. The van der Waals surface area contributed by atoms with Crippen LogP contribution in [0.4, 0.5) is 34.9 Å². The highest BCUT2D eigenvalue weighted by atomic mass is 16.5. The van der Waals surface area contributed by atoms with Crippen LogP contribution in [0, 0.1) is 31.6 Å². The molecule has 5 aromatic carbocycles. The average molecular weight is 2000 g/mol. The Bertz CT molecular complexity index is 5740. The lowest BCUT2D eigenvalue weighted by atomic mass is 9.94. The Balaban J connectivity index is 0.000000162. The molecule has 32 heteroatoms. The minimum atomic E-state index is -0.569. The van der Waals surface area contributed by atoms with Gasteiger partial charge >= 0.3 is 0 Å². The summed E-state index contributed by atoms with van der Waals surface area (Å²) in [5.74, 6) is 18.1. The van der Waals surface area contributed by atoms with Gasteiger partial charge in [0.05, 0.1) is 5.69 Å². The molecule has 4 saturated carbocycles. The number of hydrogen-bond acceptors (Lipinski definition) is 32. The predicted octanol–water partition coefficient (Wildman–Crippen LogP) is 14.7. The SMILES string of the molecule is C#CCCN(C)c1cc(C2=CCCC2)nc(-c2cccc(OCC(O)CNC)c2)n1.C#Cc1cc(N(C)C2CCCCC2)nc(-c2cccc(OCC(O)CNC)c2)n1.CNCC(O)COc1cccc(-c2nc(C)cc(N(C)C3CCCCC3)n2)c1.CNCC(O)COc1cccc(-c2nc(C3CC3)cc(N(C)C3CCOCC3)n2)c1.CNCC(O)COc1cccc(-c2nc(NC3CCCCC3)cc(N(C)C)n2)c1. The van der Waals surface area contributed by atoms with E-state index < -0.39 is 30.5 Å². The smallest absolute Gasteiger partial charge is 0.163 e. The number of nitrogens with one attached hydrogen (secondary N) is 6. The quantitative estimate of drug-likeness (QED) is 0.0158. The van der Waals surface area contributed by atoms with Gasteiger partial charge in [-0.05, 0) is 192 Å². The summed E-state index contributed by atoms with van der Waals surface area (Å²) in [6.45, 7) is 7.95. The lowest BCUT2D eigenvalue weighted by Gasteiger charge is -2.32. The Labute approximate surface area is 865 Å². The third-order valence-corrected chi connectivity index (χ3v) is 26.6. The number of terminal acetylenes is 2. The molecule has 0 bridgehead atoms. The van der Waals surface area contributed by atoms with Crippen LogP contribution in [0.15, 0.2) is 158 Å². The molecule has 1 aliphatic heterocycles. The van der Waals surface area contributed by atoms with Crippen LogP contribution < -0.4 is 80.1 Å². The Morgan fingerprint density at radius 3 is 1.16 bits per heavy atom. The molecule has 5 fully saturated rings. The number of aryl methyl sites for hydroxylation is 1. The van der Waals surface area contributed by atoms with Gasteiger partial charge in [-0.2, -0.15) is 0 Å². The molecule has 10 aromatic rings. The number of rotatable bonds is 44. The van der Waals surface area contributed by atoms with Crippen LogP contribution in [-0.4, -0.2) is 293 Å². The Hall–Kier alpha value is -12.3. The van der Waals surface area contributed by atoms with Crippen molar-refractivity contribution in [1.82, 2.24) is 76.4 Å². The van der Waals surface area contributed by atoms with Crippen molar-refractivity contribution in [2.45, 2.75) is 215 Å². The van der Waals surface area contributed by atoms with Crippen molar-refractivity contribution >= 4 is 40.5 Å². The first-order chi connectivity index (χ1) is 70.9. The van der Waals surface area contributed by atoms with Crippen molar-refractivity contribution in [2.24, 2.45) is 0 Å². The fourth-order valence-electron chi connectivity index (χ4n) is 18.2. The van der Waals surface area contributed by atoms with Gasteiger partial charge in [0.25, 0.3) is 0 Å². The first-order valence-electron chi connectivity index (χ1n) is 52.2. The van der Waals surface area contributed by atoms with Crippen molar-refractivity contribution in [3.05, 3.63) is 181 Å². The zero-order valence-corrected chi connectivity index (χ0v) is 87.8. The third kappa shape index (κ3) is 36.1. The first-order valence-corrected chi connectivity index (χ1v) is 52.2. The molecule has 6 heterocycles. The molecule has 16 rings (SSSR count). The fourth-order valence-corrected chi connectivity index (χ4v) is 18.2. The minimum absolute atomic E-state index is 0.214. The molecule has 784 valence electrons. The van der Waals surface area contributed by atoms with Crippen molar-refractivity contribution in [2.75, 3.05) is 193 Å². The maximum Gasteiger partial charge on any atom is 0.163 e. The molecule has 146 heavy (non-hydrogen) atoms. The highest BCUT2D eigenvalue weighted by Gasteiger charge is 2.31. The second-order valence-electron chi connectivity index (χ2n) is 38.8. The monoisotopic (exact) mass is 2000 g/mol. The summed E-state index contributed by atoms with van der Waals surface area (Å²) in [4.78, 5) is 58.7. The Morgan fingerprint density at radius 1 is 0.390 bits per heavy atom. The molecule has 5 aliphatic carbocycles. The number of ether oxygens (including phenoxy) is 6. The summed E-state index contributed by atoms with van der Waals surface area (Å²) < 4.78 is 34.2. The largest absolute Gasteiger partial charge is 0.491 e. The van der Waals surface area contributed by atoms with Crippen LogP contribution >= 0.6 is 0 Å². The van der Waals surface area contributed by atoms with E-state index in [1.807, 2.05) is 180 Å². The number of aliphatic hydroxyl groups is 5. The van der Waals surface area contributed by atoms with E-state index in [0.717, 1.165) is 137 Å². The van der Waals surface area contributed by atoms with Gasteiger partial charge in [0.1, 0.15) is 133 Å². The van der Waals surface area contributed by atoms with Crippen LogP contribution in [-0.2, 0) is 4.74 Å². The van der Waals surface area contributed by atoms with Gasteiger partial charge in [0, 0.05) is 201 Å². The molecule has 11 N–H and O–H groups in total. The summed E-state index contributed by atoms with van der Waals surface area (Å²) in [7, 11) is 21.3. The van der Waals surface area contributed by atoms with Crippen LogP contribution in [0.2, 0.25) is 0 Å². The fraction of sp³-hybridized carbons (Fsp3) is 0.509. The number of allylic oxidation sites excluding steroid dienone is 2. The van der Waals surface area contributed by atoms with Gasteiger partial charge in [-0.1, -0.05) is 130 Å². The molecular weight excluding hydrogens is 1840 g/mol. The number of aromatic nitrogens is 10. The van der Waals surface area contributed by atoms with E-state index in [1.54, 1.807) is 28.2 Å². The summed E-state index contributed by atoms with van der Waals surface area (Å²) >= 11 is 0. The predicted molar refractivity (Wildman–Crippen MR) is 585 cm³/mol. The van der Waals surface area contributed by atoms with Crippen LogP contribution in [0.5, 0.6) is 28.7 Å². The Morgan fingerprint density at radius 2 is 0.767 bits per heavy atom. The normalized spacial score (nSPS) is 15.9. The second-order valence-corrected chi connectivity index (χ2v) is 38.8. The van der Waals surface area contributed by atoms with Crippen LogP contribution in [0.1, 0.15) is 176 Å². The van der Waals surface area contributed by atoms with Gasteiger partial charge in [-0.25, -0.2) is 49.8 Å². The van der Waals surface area contributed by atoms with E-state index in [0.29, 0.717) is 127 Å². The molecule has 5 atom stereocenters. The summed E-state index contributed by atoms with van der Waals surface area (Å²) in [5, 5.41) is 67.6. The second kappa shape index (κ2) is 59.5. The standard InChI is InChI=1S/C24H30N4O2.C23H32N4O3.C23H30N4O2.C22H33N5O2.C22H32N4O2/c1-4-5-13-28(3)23-15-22(18-9-6-7-10-18)26-24(27-23)19-11-8-12-21(14-19)30-17-20(29)16-25-2;1-24-14-19(28)15-30-20-5-3-4-17(12-20)23-25-21(16-6-7-16)13-22(26-23)27(2)18-8-10-29-11-9-18;1-4-18-14-22(27(3)19-10-6-5-7-11-19)26-23(25-18)17-9-8-12-21(13-17)29-16-20(28)15-24-2;1-23-14-18(28)15-29-19-11-7-8-16(12-19)22-25-20(13-21(26-22)27(2)3)24-17-9-5-4-6-10-17;1-16-12-21(26(3)18-9-5-4-6-10-18)25-22(24-16)17-8-7-11-20(13-17)28-15-19(27)14-23-2/h1,8-9,11-12,14-15,20,25,29H,5-7,10,13,16-17H2,2-3H3;3-5,12-13,16,18-19,24,28H,6-11,14-15H2,1-2H3;1,8-9,12-14,19-20,24,28H,5-7,10-11,15-16H2,2-3H3;7-8,11-13,17-18,23,28H,4-6,9-10,14-15H2,1-3H3,(H,24,25,26);7-8,11-13,18-19,23,27H,4-6,9-10,14-15H2,1-3H3. The summed E-state index contributed by atoms with van der Waals surface area (Å²) in [6, 6.07) is 50.7. The van der Waals surface area contributed by atoms with Gasteiger partial charge in [0.2, 0.25) is 0 Å². The van der Waals surface area contributed by atoms with Gasteiger partial charge in [0.15, 0.2) is 29.1 Å². The van der Waals surface area contributed by atoms with Crippen LogP contribution in [0.3, 0.4) is 0 Å². The summed E-state index contributed by atoms with van der Waals surface area (Å²) in [6.07, 6.45) is 37.8. The maximum absolute atomic E-state index is 9.90. The number of benzene rings is 5. The molecule has 5 unspecified atom stereocenters. The van der Waals surface area contributed by atoms with Gasteiger partial charge in [-0.15, -0.1) is 18.8 Å². The zero-order chi connectivity index (χ0) is 103. The molecule has 1 saturated heterocycles. The number of nitrogens with zero attached hydrogens (tertiary/aromatic N) is 15. The van der Waals surface area contributed by atoms with Crippen molar-refractivity contribution in [3.8, 4) is 110 Å². The maximum atomic E-state index is 9.90. The highest BCUT2D eigenvalue weighted by molar-refractivity contribution is 5.71. The molecular formula is C114H157N21O11. The lowest BCUT2D eigenvalue weighted by molar-refractivity contribution is 0.0853. The van der Waals surface area contributed by atoms with E-state index in [1.165, 1.54) is 115 Å². The molecule has 32 nitrogen and oxygen atoms in total. The molecule has 0 spiro atoms. The summed E-state index contributed by atoms with van der Waals surface area (Å²) in [5.41, 5.74) is 9.35. The van der Waals surface area contributed by atoms with Crippen LogP contribution in [0.25, 0.3) is 62.5 Å². The van der Waals surface area contributed by atoms with E-state index in [9.17, 15) is 25.5 Å². The van der Waals surface area contributed by atoms with Gasteiger partial charge < -0.3 is 110 Å².